The van der Waals surface area contributed by atoms with Crippen LogP contribution in [0.4, 0.5) is 0 Å². The summed E-state index contributed by atoms with van der Waals surface area (Å²) in [6.07, 6.45) is 11.7. The molecule has 26 heavy (non-hydrogen) atoms. The fourth-order valence-electron chi connectivity index (χ4n) is 3.78. The van der Waals surface area contributed by atoms with E-state index in [9.17, 15) is 9.59 Å². The molecule has 0 aromatic carbocycles. The number of nitrogens with one attached hydrogen (secondary N) is 1. The fraction of sp³-hybridized carbons (Fsp3) is 0.650. The molecule has 6 heteroatoms. The van der Waals surface area contributed by atoms with Gasteiger partial charge in [-0.25, -0.2) is 0 Å². The van der Waals surface area contributed by atoms with Crippen LogP contribution in [0.2, 0.25) is 0 Å². The zero-order valence-electron chi connectivity index (χ0n) is 16.0. The van der Waals surface area contributed by atoms with Crippen LogP contribution in [0.25, 0.3) is 5.65 Å². The molecular weight excluding hydrogens is 328 g/mol. The van der Waals surface area contributed by atoms with E-state index in [4.69, 9.17) is 0 Å². The maximum Gasteiger partial charge on any atom is 0.287 e. The fourth-order valence-corrected chi connectivity index (χ4v) is 3.78. The van der Waals surface area contributed by atoms with Gasteiger partial charge in [-0.05, 0) is 26.2 Å². The molecule has 1 saturated carbocycles. The van der Waals surface area contributed by atoms with Gasteiger partial charge in [-0.3, -0.25) is 9.59 Å². The van der Waals surface area contributed by atoms with E-state index in [0.29, 0.717) is 0 Å². The van der Waals surface area contributed by atoms with Crippen molar-refractivity contribution in [2.24, 2.45) is 0 Å². The average molecular weight is 358 g/mol. The van der Waals surface area contributed by atoms with Crippen LogP contribution in [0.5, 0.6) is 0 Å². The molecule has 0 bridgehead atoms. The molecule has 0 saturated heterocycles. The summed E-state index contributed by atoms with van der Waals surface area (Å²) in [6.45, 7) is 4.82. The van der Waals surface area contributed by atoms with Crippen LogP contribution in [0.3, 0.4) is 0 Å². The summed E-state index contributed by atoms with van der Waals surface area (Å²) in [6, 6.07) is 2.08. The van der Waals surface area contributed by atoms with Gasteiger partial charge < -0.3 is 9.88 Å². The molecule has 1 amide bonds. The maximum absolute atomic E-state index is 12.8. The molecule has 0 unspecified atom stereocenters. The third-order valence-corrected chi connectivity index (χ3v) is 5.25. The Morgan fingerprint density at radius 3 is 2.65 bits per heavy atom. The Kier molecular flexibility index (Phi) is 6.12. The quantitative estimate of drug-likeness (QED) is 0.635. The molecule has 0 spiro atoms. The van der Waals surface area contributed by atoms with Gasteiger partial charge in [0.25, 0.3) is 11.5 Å². The minimum atomic E-state index is -0.328. The molecule has 6 nitrogen and oxygen atoms in total. The molecular formula is C20H30N4O2. The highest BCUT2D eigenvalue weighted by Crippen LogP contribution is 2.17. The molecule has 1 aliphatic rings. The first-order valence-corrected chi connectivity index (χ1v) is 10.0. The van der Waals surface area contributed by atoms with E-state index in [-0.39, 0.29) is 23.1 Å². The van der Waals surface area contributed by atoms with Crippen LogP contribution in [-0.4, -0.2) is 26.1 Å². The number of carbonyl (C=O) groups is 1. The van der Waals surface area contributed by atoms with Crippen molar-refractivity contribution in [2.75, 3.05) is 0 Å². The van der Waals surface area contributed by atoms with E-state index in [1.807, 2.05) is 17.6 Å². The first-order chi connectivity index (χ1) is 12.6. The summed E-state index contributed by atoms with van der Waals surface area (Å²) >= 11 is 0. The van der Waals surface area contributed by atoms with Crippen molar-refractivity contribution in [2.45, 2.75) is 84.2 Å². The molecule has 3 rings (SSSR count). The van der Waals surface area contributed by atoms with Gasteiger partial charge in [-0.2, -0.15) is 9.61 Å². The number of hydrogen-bond acceptors (Lipinski definition) is 3. The van der Waals surface area contributed by atoms with Crippen molar-refractivity contribution in [1.82, 2.24) is 19.5 Å². The SMILES string of the molecule is CCCCCn1cc(C(=O)NC2CCCCCC2)c(=O)n2nc(C)cc12. The number of carbonyl (C=O) groups excluding carboxylic acids is 1. The molecule has 1 aliphatic carbocycles. The number of hydrogen-bond donors (Lipinski definition) is 1. The van der Waals surface area contributed by atoms with Crippen molar-refractivity contribution in [1.29, 1.82) is 0 Å². The Hall–Kier alpha value is -2.11. The largest absolute Gasteiger partial charge is 0.349 e. The van der Waals surface area contributed by atoms with Gasteiger partial charge in [0.05, 0.1) is 5.69 Å². The van der Waals surface area contributed by atoms with E-state index in [1.165, 1.54) is 17.4 Å². The van der Waals surface area contributed by atoms with Crippen LogP contribution in [0.15, 0.2) is 17.1 Å². The van der Waals surface area contributed by atoms with Crippen molar-refractivity contribution >= 4 is 11.6 Å². The summed E-state index contributed by atoms with van der Waals surface area (Å²) < 4.78 is 3.38. The van der Waals surface area contributed by atoms with E-state index in [2.05, 4.69) is 17.3 Å². The monoisotopic (exact) mass is 358 g/mol. The lowest BCUT2D eigenvalue weighted by Crippen LogP contribution is -2.38. The summed E-state index contributed by atoms with van der Waals surface area (Å²) in [5, 5.41) is 7.40. The number of amides is 1. The molecule has 2 aromatic rings. The lowest BCUT2D eigenvalue weighted by Gasteiger charge is -2.17. The van der Waals surface area contributed by atoms with Gasteiger partial charge in [0.2, 0.25) is 0 Å². The highest BCUT2D eigenvalue weighted by molar-refractivity contribution is 5.94. The Morgan fingerprint density at radius 1 is 1.23 bits per heavy atom. The van der Waals surface area contributed by atoms with Gasteiger partial charge in [-0.1, -0.05) is 45.4 Å². The minimum absolute atomic E-state index is 0.174. The number of aryl methyl sites for hydroxylation is 2. The Balaban J connectivity index is 1.89. The second-order valence-electron chi connectivity index (χ2n) is 7.47. The van der Waals surface area contributed by atoms with Gasteiger partial charge in [-0.15, -0.1) is 0 Å². The van der Waals surface area contributed by atoms with Gasteiger partial charge in [0, 0.05) is 24.8 Å². The molecule has 2 heterocycles. The highest BCUT2D eigenvalue weighted by Gasteiger charge is 2.20. The van der Waals surface area contributed by atoms with E-state index < -0.39 is 0 Å². The highest BCUT2D eigenvalue weighted by atomic mass is 16.2. The third kappa shape index (κ3) is 4.17. The van der Waals surface area contributed by atoms with E-state index in [1.54, 1.807) is 6.20 Å². The van der Waals surface area contributed by atoms with Crippen LogP contribution < -0.4 is 10.9 Å². The third-order valence-electron chi connectivity index (χ3n) is 5.25. The summed E-state index contributed by atoms with van der Waals surface area (Å²) in [5.74, 6) is -0.263. The van der Waals surface area contributed by atoms with Crippen LogP contribution in [0.1, 0.15) is 80.8 Å². The molecule has 142 valence electrons. The Bertz CT molecular complexity index is 813. The minimum Gasteiger partial charge on any atom is -0.349 e. The number of nitrogens with zero attached hydrogens (tertiary/aromatic N) is 3. The van der Waals surface area contributed by atoms with E-state index >= 15 is 0 Å². The molecule has 1 fully saturated rings. The zero-order valence-corrected chi connectivity index (χ0v) is 16.0. The second-order valence-corrected chi connectivity index (χ2v) is 7.47. The van der Waals surface area contributed by atoms with E-state index in [0.717, 1.165) is 62.8 Å². The molecule has 0 atom stereocenters. The Morgan fingerprint density at radius 2 is 1.96 bits per heavy atom. The van der Waals surface area contributed by atoms with Gasteiger partial charge in [0.1, 0.15) is 11.2 Å². The lowest BCUT2D eigenvalue weighted by molar-refractivity contribution is 0.0930. The van der Waals surface area contributed by atoms with Crippen molar-refractivity contribution < 1.29 is 4.79 Å². The Labute approximate surface area is 154 Å². The molecule has 1 N–H and O–H groups in total. The topological polar surface area (TPSA) is 68.4 Å². The summed E-state index contributed by atoms with van der Waals surface area (Å²) in [5.41, 5.74) is 1.41. The maximum atomic E-state index is 12.8. The standard InChI is InChI=1S/C20H30N4O2/c1-3-4-9-12-23-14-17(20(26)24-18(23)13-15(2)22-24)19(25)21-16-10-7-5-6-8-11-16/h13-14,16H,3-12H2,1-2H3,(H,21,25). The molecule has 0 aliphatic heterocycles. The smallest absolute Gasteiger partial charge is 0.287 e. The first-order valence-electron chi connectivity index (χ1n) is 10.0. The number of aromatic nitrogens is 3. The number of rotatable bonds is 6. The van der Waals surface area contributed by atoms with Crippen molar-refractivity contribution in [3.8, 4) is 0 Å². The second kappa shape index (κ2) is 8.52. The summed E-state index contributed by atoms with van der Waals surface area (Å²) in [4.78, 5) is 25.6. The number of unbranched alkanes of at least 4 members (excludes halogenated alkanes) is 2. The number of fused-ring (bicyclic) bond motifs is 1. The average Bonchev–Trinajstić information content (AvgIpc) is 2.84. The molecule has 0 radical (unpaired) electrons. The van der Waals surface area contributed by atoms with Crippen molar-refractivity contribution in [3.63, 3.8) is 0 Å². The van der Waals surface area contributed by atoms with Crippen LogP contribution in [0, 0.1) is 6.92 Å². The normalized spacial score (nSPS) is 15.9. The van der Waals surface area contributed by atoms with Gasteiger partial charge in [0.15, 0.2) is 0 Å². The first kappa shape index (κ1) is 18.7. The predicted octanol–water partition coefficient (Wildman–Crippen LogP) is 3.45. The predicted molar refractivity (Wildman–Crippen MR) is 103 cm³/mol. The lowest BCUT2D eigenvalue weighted by atomic mass is 10.1. The summed E-state index contributed by atoms with van der Waals surface area (Å²) in [7, 11) is 0. The van der Waals surface area contributed by atoms with Gasteiger partial charge >= 0.3 is 0 Å². The molecule has 2 aromatic heterocycles. The van der Waals surface area contributed by atoms with Crippen molar-refractivity contribution in [3.05, 3.63) is 33.9 Å². The van der Waals surface area contributed by atoms with Crippen LogP contribution >= 0.6 is 0 Å². The van der Waals surface area contributed by atoms with Crippen LogP contribution in [-0.2, 0) is 6.54 Å². The zero-order chi connectivity index (χ0) is 18.5.